The number of nitrogens with one attached hydrogen (secondary N) is 1. The van der Waals surface area contributed by atoms with Crippen LogP contribution in [0, 0.1) is 12.5 Å². The molecule has 0 saturated heterocycles. The fourth-order valence-electron chi connectivity index (χ4n) is 2.45. The fourth-order valence-corrected chi connectivity index (χ4v) is 2.45. The van der Waals surface area contributed by atoms with E-state index >= 15 is 0 Å². The summed E-state index contributed by atoms with van der Waals surface area (Å²) in [6.07, 6.45) is 16.3. The third-order valence-corrected chi connectivity index (χ3v) is 3.31. The highest BCUT2D eigenvalue weighted by Crippen LogP contribution is 2.29. The van der Waals surface area contributed by atoms with E-state index in [1.54, 1.807) is 0 Å². The first-order valence-corrected chi connectivity index (χ1v) is 5.93. The van der Waals surface area contributed by atoms with E-state index < -0.39 is 0 Å². The summed E-state index contributed by atoms with van der Waals surface area (Å²) < 4.78 is 0. The summed E-state index contributed by atoms with van der Waals surface area (Å²) in [4.78, 5) is 0. The van der Waals surface area contributed by atoms with Gasteiger partial charge in [0.2, 0.25) is 0 Å². The van der Waals surface area contributed by atoms with Gasteiger partial charge in [-0.25, -0.2) is 0 Å². The first-order chi connectivity index (χ1) is 6.97. The average Bonchev–Trinajstić information content (AvgIpc) is 2.18. The van der Waals surface area contributed by atoms with Crippen molar-refractivity contribution in [3.05, 3.63) is 30.5 Å². The van der Waals surface area contributed by atoms with E-state index in [4.69, 9.17) is 0 Å². The standard InChI is InChI=1S/C13H20N/c1-2-4-7-12(8-5-3-1)13-9-6-10-14-11-13/h6,9-12,14H,1-5,7-8H2. The Balaban J connectivity index is 1.93. The molecule has 0 spiro atoms. The van der Waals surface area contributed by atoms with Gasteiger partial charge in [-0.05, 0) is 36.6 Å². The van der Waals surface area contributed by atoms with Gasteiger partial charge < -0.3 is 5.32 Å². The van der Waals surface area contributed by atoms with Gasteiger partial charge in [0.05, 0.1) is 6.54 Å². The molecule has 0 unspecified atom stereocenters. The Morgan fingerprint density at radius 3 is 2.36 bits per heavy atom. The number of hydrogen-bond acceptors (Lipinski definition) is 1. The van der Waals surface area contributed by atoms with Crippen molar-refractivity contribution in [1.82, 2.24) is 5.32 Å². The maximum Gasteiger partial charge on any atom is 0.0714 e. The summed E-state index contributed by atoms with van der Waals surface area (Å²) in [6, 6.07) is 0. The molecule has 2 aliphatic rings. The number of allylic oxidation sites excluding steroid dienone is 2. The van der Waals surface area contributed by atoms with Gasteiger partial charge in [-0.3, -0.25) is 0 Å². The lowest BCUT2D eigenvalue weighted by atomic mass is 9.85. The number of dihydropyridines is 1. The van der Waals surface area contributed by atoms with Crippen LogP contribution in [-0.4, -0.2) is 0 Å². The monoisotopic (exact) mass is 190 g/mol. The predicted molar refractivity (Wildman–Crippen MR) is 60.5 cm³/mol. The lowest BCUT2D eigenvalue weighted by molar-refractivity contribution is 0.420. The molecular formula is C13H20N. The summed E-state index contributed by atoms with van der Waals surface area (Å²) in [6.45, 7) is 2.17. The molecule has 1 saturated carbocycles. The van der Waals surface area contributed by atoms with Crippen LogP contribution < -0.4 is 5.32 Å². The first-order valence-electron chi connectivity index (χ1n) is 5.93. The Hall–Kier alpha value is -0.720. The molecule has 0 atom stereocenters. The molecule has 0 amide bonds. The van der Waals surface area contributed by atoms with Crippen molar-refractivity contribution in [2.75, 3.05) is 0 Å². The molecule has 1 aliphatic heterocycles. The third-order valence-electron chi connectivity index (χ3n) is 3.31. The molecule has 1 nitrogen and oxygen atoms in total. The molecule has 1 fully saturated rings. The third kappa shape index (κ3) is 2.63. The second-order valence-electron chi connectivity index (χ2n) is 4.38. The van der Waals surface area contributed by atoms with Gasteiger partial charge in [0.15, 0.2) is 0 Å². The number of rotatable bonds is 1. The molecule has 0 aromatic carbocycles. The van der Waals surface area contributed by atoms with Crippen LogP contribution in [0.15, 0.2) is 23.9 Å². The van der Waals surface area contributed by atoms with Crippen LogP contribution in [0.3, 0.4) is 0 Å². The molecule has 0 aromatic heterocycles. The lowest BCUT2D eigenvalue weighted by Crippen LogP contribution is -2.15. The van der Waals surface area contributed by atoms with E-state index in [-0.39, 0.29) is 0 Å². The Bertz CT molecular complexity index is 219. The normalized spacial score (nSPS) is 24.7. The van der Waals surface area contributed by atoms with Crippen LogP contribution in [0.25, 0.3) is 0 Å². The van der Waals surface area contributed by atoms with Gasteiger partial charge in [-0.2, -0.15) is 0 Å². The van der Waals surface area contributed by atoms with Crippen molar-refractivity contribution in [2.24, 2.45) is 5.92 Å². The Kier molecular flexibility index (Phi) is 3.67. The van der Waals surface area contributed by atoms with E-state index in [0.29, 0.717) is 0 Å². The Labute approximate surface area is 87.3 Å². The minimum Gasteiger partial charge on any atom is -0.382 e. The quantitative estimate of drug-likeness (QED) is 0.666. The molecular weight excluding hydrogens is 170 g/mol. The van der Waals surface area contributed by atoms with E-state index in [0.717, 1.165) is 5.92 Å². The summed E-state index contributed by atoms with van der Waals surface area (Å²) >= 11 is 0. The second kappa shape index (κ2) is 5.23. The van der Waals surface area contributed by atoms with Crippen LogP contribution >= 0.6 is 0 Å². The topological polar surface area (TPSA) is 12.0 Å². The van der Waals surface area contributed by atoms with Crippen molar-refractivity contribution in [3.8, 4) is 0 Å². The van der Waals surface area contributed by atoms with E-state index in [2.05, 4.69) is 24.0 Å². The molecule has 1 N–H and O–H groups in total. The Morgan fingerprint density at radius 1 is 1.00 bits per heavy atom. The van der Waals surface area contributed by atoms with Crippen molar-refractivity contribution < 1.29 is 0 Å². The average molecular weight is 190 g/mol. The molecule has 14 heavy (non-hydrogen) atoms. The van der Waals surface area contributed by atoms with Gasteiger partial charge in [0.1, 0.15) is 0 Å². The molecule has 0 aromatic rings. The van der Waals surface area contributed by atoms with Crippen molar-refractivity contribution in [3.63, 3.8) is 0 Å². The zero-order valence-electron chi connectivity index (χ0n) is 8.84. The van der Waals surface area contributed by atoms with Crippen molar-refractivity contribution in [2.45, 2.75) is 44.9 Å². The predicted octanol–water partition coefficient (Wildman–Crippen LogP) is 3.55. The fraction of sp³-hybridized carbons (Fsp3) is 0.615. The highest BCUT2D eigenvalue weighted by molar-refractivity contribution is 5.26. The zero-order valence-corrected chi connectivity index (χ0v) is 8.84. The summed E-state index contributed by atoms with van der Waals surface area (Å²) in [7, 11) is 0. The van der Waals surface area contributed by atoms with Gasteiger partial charge in [0, 0.05) is 0 Å². The molecule has 1 heterocycles. The molecule has 77 valence electrons. The SMILES string of the molecule is [CH]1NC=CC=C1C1CCCCCCC1. The van der Waals surface area contributed by atoms with Crippen molar-refractivity contribution in [1.29, 1.82) is 0 Å². The summed E-state index contributed by atoms with van der Waals surface area (Å²) in [5.74, 6) is 0.813. The maximum atomic E-state index is 3.19. The van der Waals surface area contributed by atoms with Gasteiger partial charge in [-0.1, -0.05) is 38.2 Å². The van der Waals surface area contributed by atoms with Crippen LogP contribution in [0.5, 0.6) is 0 Å². The first kappa shape index (κ1) is 9.82. The molecule has 1 radical (unpaired) electrons. The maximum absolute atomic E-state index is 3.19. The highest BCUT2D eigenvalue weighted by Gasteiger charge is 2.16. The molecule has 0 bridgehead atoms. The number of hydrogen-bond donors (Lipinski definition) is 1. The van der Waals surface area contributed by atoms with E-state index in [9.17, 15) is 0 Å². The minimum atomic E-state index is 0.813. The summed E-state index contributed by atoms with van der Waals surface area (Å²) in [5, 5.41) is 3.19. The zero-order chi connectivity index (χ0) is 9.64. The molecule has 2 rings (SSSR count). The van der Waals surface area contributed by atoms with Crippen LogP contribution in [0.1, 0.15) is 44.9 Å². The molecule has 1 heteroatoms. The Morgan fingerprint density at radius 2 is 1.71 bits per heavy atom. The summed E-state index contributed by atoms with van der Waals surface area (Å²) in [5.41, 5.74) is 1.51. The van der Waals surface area contributed by atoms with Crippen LogP contribution in [0.4, 0.5) is 0 Å². The van der Waals surface area contributed by atoms with Gasteiger partial charge >= 0.3 is 0 Å². The van der Waals surface area contributed by atoms with Crippen LogP contribution in [-0.2, 0) is 0 Å². The highest BCUT2D eigenvalue weighted by atomic mass is 14.8. The van der Waals surface area contributed by atoms with Gasteiger partial charge in [-0.15, -0.1) is 0 Å². The van der Waals surface area contributed by atoms with E-state index in [1.807, 2.05) is 6.20 Å². The largest absolute Gasteiger partial charge is 0.382 e. The molecule has 1 aliphatic carbocycles. The van der Waals surface area contributed by atoms with E-state index in [1.165, 1.54) is 50.5 Å². The smallest absolute Gasteiger partial charge is 0.0714 e. The minimum absolute atomic E-state index is 0.813. The van der Waals surface area contributed by atoms with Gasteiger partial charge in [0.25, 0.3) is 0 Å². The lowest BCUT2D eigenvalue weighted by Gasteiger charge is -2.23. The van der Waals surface area contributed by atoms with Crippen molar-refractivity contribution >= 4 is 0 Å². The second-order valence-corrected chi connectivity index (χ2v) is 4.38. The van der Waals surface area contributed by atoms with Crippen LogP contribution in [0.2, 0.25) is 0 Å².